The molecule has 0 aliphatic rings. The Hall–Kier alpha value is -3.77. The van der Waals surface area contributed by atoms with Gasteiger partial charge in [0.2, 0.25) is 11.6 Å². The molecule has 3 aromatic rings. The maximum atomic E-state index is 14.9. The van der Waals surface area contributed by atoms with Gasteiger partial charge in [0.25, 0.3) is 0 Å². The van der Waals surface area contributed by atoms with Crippen LogP contribution in [0.5, 0.6) is 23.0 Å². The standard InChI is InChI=1S/C19H9F9N2O2/c20-7-2-9(22)14(4-12(7)29)31-17-6(19(26,27)28)1-11(24)18(16(17)25)32-15-5-13(30)8(21)3-10(15)23/h1-5H,29-30H2. The second kappa shape index (κ2) is 8.05. The molecule has 0 aromatic heterocycles. The summed E-state index contributed by atoms with van der Waals surface area (Å²) in [6.45, 7) is 0. The van der Waals surface area contributed by atoms with Crippen molar-refractivity contribution in [1.29, 1.82) is 0 Å². The Kier molecular flexibility index (Phi) is 5.76. The van der Waals surface area contributed by atoms with Crippen molar-refractivity contribution in [3.8, 4) is 23.0 Å². The molecule has 4 N–H and O–H groups in total. The van der Waals surface area contributed by atoms with E-state index in [0.717, 1.165) is 0 Å². The van der Waals surface area contributed by atoms with E-state index in [2.05, 4.69) is 9.47 Å². The molecule has 0 fully saturated rings. The first-order chi connectivity index (χ1) is 14.8. The predicted molar refractivity (Wildman–Crippen MR) is 93.0 cm³/mol. The zero-order chi connectivity index (χ0) is 24.0. The maximum absolute atomic E-state index is 14.9. The molecule has 0 heterocycles. The topological polar surface area (TPSA) is 70.5 Å². The summed E-state index contributed by atoms with van der Waals surface area (Å²) >= 11 is 0. The molecule has 3 rings (SSSR count). The van der Waals surface area contributed by atoms with Crippen LogP contribution in [0.1, 0.15) is 5.56 Å². The molecular formula is C19H9F9N2O2. The summed E-state index contributed by atoms with van der Waals surface area (Å²) < 4.78 is 133. The monoisotopic (exact) mass is 468 g/mol. The molecule has 0 aliphatic heterocycles. The summed E-state index contributed by atoms with van der Waals surface area (Å²) in [5.41, 5.74) is 6.91. The van der Waals surface area contributed by atoms with Crippen LogP contribution in [0, 0.1) is 34.9 Å². The number of hydrogen-bond donors (Lipinski definition) is 2. The van der Waals surface area contributed by atoms with Crippen molar-refractivity contribution >= 4 is 11.4 Å². The summed E-state index contributed by atoms with van der Waals surface area (Å²) in [5, 5.41) is 0. The van der Waals surface area contributed by atoms with Crippen molar-refractivity contribution in [1.82, 2.24) is 0 Å². The summed E-state index contributed by atoms with van der Waals surface area (Å²) in [4.78, 5) is 0. The molecule has 0 saturated carbocycles. The number of nitrogen functional groups attached to an aromatic ring is 2. The SMILES string of the molecule is Nc1cc(Oc2c(F)cc(C(F)(F)F)c(Oc3cc(N)c(F)cc3F)c2F)c(F)cc1F. The van der Waals surface area contributed by atoms with Gasteiger partial charge in [0.1, 0.15) is 17.2 Å². The van der Waals surface area contributed by atoms with Gasteiger partial charge in [0.15, 0.2) is 34.7 Å². The molecule has 3 aromatic carbocycles. The van der Waals surface area contributed by atoms with Crippen molar-refractivity contribution in [2.24, 2.45) is 0 Å². The number of nitrogens with two attached hydrogens (primary N) is 2. The maximum Gasteiger partial charge on any atom is 0.420 e. The Bertz CT molecular complexity index is 1210. The minimum absolute atomic E-state index is 0.160. The van der Waals surface area contributed by atoms with E-state index in [1.807, 2.05) is 0 Å². The van der Waals surface area contributed by atoms with Crippen molar-refractivity contribution in [3.05, 3.63) is 70.8 Å². The Labute approximate surface area is 172 Å². The van der Waals surface area contributed by atoms with Gasteiger partial charge < -0.3 is 20.9 Å². The second-order valence-corrected chi connectivity index (χ2v) is 6.19. The smallest absolute Gasteiger partial charge is 0.420 e. The highest BCUT2D eigenvalue weighted by molar-refractivity contribution is 5.53. The third kappa shape index (κ3) is 4.31. The predicted octanol–water partition coefficient (Wildman–Crippen LogP) is 6.29. The Morgan fingerprint density at radius 1 is 0.562 bits per heavy atom. The minimum atomic E-state index is -5.41. The summed E-state index contributed by atoms with van der Waals surface area (Å²) in [6, 6.07) is 1.02. The van der Waals surface area contributed by atoms with Crippen LogP contribution in [0.3, 0.4) is 0 Å². The van der Waals surface area contributed by atoms with E-state index in [1.165, 1.54) is 0 Å². The number of benzene rings is 3. The van der Waals surface area contributed by atoms with E-state index in [-0.39, 0.29) is 18.2 Å². The lowest BCUT2D eigenvalue weighted by molar-refractivity contribution is -0.139. The number of rotatable bonds is 4. The molecule has 0 amide bonds. The fraction of sp³-hybridized carbons (Fsp3) is 0.0526. The fourth-order valence-electron chi connectivity index (χ4n) is 2.45. The molecule has 0 bridgehead atoms. The van der Waals surface area contributed by atoms with Crippen LogP contribution in [0.4, 0.5) is 50.9 Å². The third-order valence-corrected chi connectivity index (χ3v) is 3.96. The zero-order valence-electron chi connectivity index (χ0n) is 15.3. The van der Waals surface area contributed by atoms with E-state index < -0.39 is 81.0 Å². The number of alkyl halides is 3. The molecule has 0 unspecified atom stereocenters. The van der Waals surface area contributed by atoms with Gasteiger partial charge in [-0.3, -0.25) is 0 Å². The van der Waals surface area contributed by atoms with Crippen molar-refractivity contribution in [3.63, 3.8) is 0 Å². The largest absolute Gasteiger partial charge is 0.450 e. The first kappa shape index (κ1) is 22.9. The highest BCUT2D eigenvalue weighted by atomic mass is 19.4. The van der Waals surface area contributed by atoms with Crippen LogP contribution in [0.15, 0.2) is 30.3 Å². The normalized spacial score (nSPS) is 11.5. The molecule has 13 heteroatoms. The average molecular weight is 468 g/mol. The molecule has 0 atom stereocenters. The van der Waals surface area contributed by atoms with E-state index in [9.17, 15) is 39.5 Å². The number of hydrogen-bond acceptors (Lipinski definition) is 4. The molecule has 0 spiro atoms. The number of anilines is 2. The first-order valence-corrected chi connectivity index (χ1v) is 8.23. The van der Waals surface area contributed by atoms with Gasteiger partial charge in [0, 0.05) is 24.3 Å². The van der Waals surface area contributed by atoms with Crippen molar-refractivity contribution < 1.29 is 49.0 Å². The minimum Gasteiger partial charge on any atom is -0.450 e. The fourth-order valence-corrected chi connectivity index (χ4v) is 2.45. The second-order valence-electron chi connectivity index (χ2n) is 6.19. The van der Waals surface area contributed by atoms with E-state index in [0.29, 0.717) is 12.1 Å². The lowest BCUT2D eigenvalue weighted by Gasteiger charge is -2.18. The van der Waals surface area contributed by atoms with Gasteiger partial charge in [-0.05, 0) is 6.07 Å². The van der Waals surface area contributed by atoms with Crippen LogP contribution >= 0.6 is 0 Å². The van der Waals surface area contributed by atoms with Gasteiger partial charge >= 0.3 is 6.18 Å². The lowest BCUT2D eigenvalue weighted by atomic mass is 10.1. The molecule has 32 heavy (non-hydrogen) atoms. The molecular weight excluding hydrogens is 459 g/mol. The van der Waals surface area contributed by atoms with Gasteiger partial charge in [-0.25, -0.2) is 22.0 Å². The van der Waals surface area contributed by atoms with Crippen LogP contribution in [-0.4, -0.2) is 0 Å². The Balaban J connectivity index is 2.18. The van der Waals surface area contributed by atoms with Crippen LogP contribution in [-0.2, 0) is 6.18 Å². The zero-order valence-corrected chi connectivity index (χ0v) is 15.3. The Morgan fingerprint density at radius 3 is 1.44 bits per heavy atom. The molecule has 4 nitrogen and oxygen atoms in total. The van der Waals surface area contributed by atoms with Crippen LogP contribution in [0.25, 0.3) is 0 Å². The van der Waals surface area contributed by atoms with Crippen molar-refractivity contribution in [2.75, 3.05) is 11.5 Å². The van der Waals surface area contributed by atoms with Gasteiger partial charge in [-0.1, -0.05) is 0 Å². The quantitative estimate of drug-likeness (QED) is 0.349. The van der Waals surface area contributed by atoms with Crippen molar-refractivity contribution in [2.45, 2.75) is 6.18 Å². The molecule has 0 saturated heterocycles. The Morgan fingerprint density at radius 2 is 1.00 bits per heavy atom. The third-order valence-electron chi connectivity index (χ3n) is 3.96. The van der Waals surface area contributed by atoms with Gasteiger partial charge in [-0.15, -0.1) is 0 Å². The lowest BCUT2D eigenvalue weighted by Crippen LogP contribution is -2.11. The van der Waals surface area contributed by atoms with Crippen LogP contribution in [0.2, 0.25) is 0 Å². The van der Waals surface area contributed by atoms with E-state index in [1.54, 1.807) is 0 Å². The highest BCUT2D eigenvalue weighted by Crippen LogP contribution is 2.45. The highest BCUT2D eigenvalue weighted by Gasteiger charge is 2.39. The van der Waals surface area contributed by atoms with Gasteiger partial charge in [-0.2, -0.15) is 17.6 Å². The van der Waals surface area contributed by atoms with E-state index in [4.69, 9.17) is 11.5 Å². The van der Waals surface area contributed by atoms with E-state index >= 15 is 0 Å². The molecule has 170 valence electrons. The molecule has 0 aliphatic carbocycles. The number of ether oxygens (including phenoxy) is 2. The number of halogens is 9. The molecule has 0 radical (unpaired) electrons. The summed E-state index contributed by atoms with van der Waals surface area (Å²) in [7, 11) is 0. The average Bonchev–Trinajstić information content (AvgIpc) is 2.67. The van der Waals surface area contributed by atoms with Gasteiger partial charge in [0.05, 0.1) is 11.4 Å². The van der Waals surface area contributed by atoms with Crippen LogP contribution < -0.4 is 20.9 Å². The first-order valence-electron chi connectivity index (χ1n) is 8.23. The summed E-state index contributed by atoms with van der Waals surface area (Å²) in [5.74, 6) is -15.3. The summed E-state index contributed by atoms with van der Waals surface area (Å²) in [6.07, 6.45) is -5.41.